The summed E-state index contributed by atoms with van der Waals surface area (Å²) in [6.07, 6.45) is 5.70. The van der Waals surface area contributed by atoms with Gasteiger partial charge in [-0.3, -0.25) is 9.59 Å². The zero-order valence-electron chi connectivity index (χ0n) is 14.6. The lowest BCUT2D eigenvalue weighted by Gasteiger charge is -2.24. The largest absolute Gasteiger partial charge is 0.339 e. The molecule has 136 valence electrons. The number of anilines is 1. The number of aryl methyl sites for hydroxylation is 1. The molecule has 7 heteroatoms. The summed E-state index contributed by atoms with van der Waals surface area (Å²) in [5, 5.41) is 2.81. The van der Waals surface area contributed by atoms with Crippen molar-refractivity contribution in [3.8, 4) is 0 Å². The van der Waals surface area contributed by atoms with Crippen LogP contribution in [0.3, 0.4) is 0 Å². The van der Waals surface area contributed by atoms with Crippen LogP contribution in [0.2, 0.25) is 0 Å². The van der Waals surface area contributed by atoms with Gasteiger partial charge in [0.2, 0.25) is 11.8 Å². The predicted molar refractivity (Wildman–Crippen MR) is 95.0 cm³/mol. The number of nitrogens with zero attached hydrogens (tertiary/aromatic N) is 1. The van der Waals surface area contributed by atoms with Crippen LogP contribution in [-0.4, -0.2) is 44.0 Å². The van der Waals surface area contributed by atoms with E-state index in [2.05, 4.69) is 5.32 Å². The lowest BCUT2D eigenvalue weighted by atomic mass is 10.1. The first kappa shape index (κ1) is 17.9. The third kappa shape index (κ3) is 3.86. The van der Waals surface area contributed by atoms with Crippen LogP contribution < -0.4 is 5.32 Å². The number of rotatable bonds is 4. The fourth-order valence-electron chi connectivity index (χ4n) is 3.68. The van der Waals surface area contributed by atoms with E-state index in [1.807, 2.05) is 11.8 Å². The fourth-order valence-corrected chi connectivity index (χ4v) is 4.32. The highest BCUT2D eigenvalue weighted by atomic mass is 32.2. The first-order valence-electron chi connectivity index (χ1n) is 8.67. The molecule has 1 N–H and O–H groups in total. The molecule has 3 rings (SSSR count). The maximum absolute atomic E-state index is 12.6. The smallest absolute Gasteiger partial charge is 0.229 e. The molecule has 0 radical (unpaired) electrons. The number of nitrogens with one attached hydrogen (secondary N) is 1. The number of hydrogen-bond acceptors (Lipinski definition) is 4. The first-order chi connectivity index (χ1) is 11.8. The number of hydrogen-bond donors (Lipinski definition) is 1. The minimum absolute atomic E-state index is 0.0497. The molecule has 25 heavy (non-hydrogen) atoms. The minimum atomic E-state index is -3.34. The molecule has 1 aliphatic carbocycles. The van der Waals surface area contributed by atoms with Gasteiger partial charge in [0.1, 0.15) is 0 Å². The summed E-state index contributed by atoms with van der Waals surface area (Å²) < 4.78 is 23.4. The molecule has 1 unspecified atom stereocenters. The quantitative estimate of drug-likeness (QED) is 0.887. The van der Waals surface area contributed by atoms with Crippen LogP contribution in [0.4, 0.5) is 5.69 Å². The zero-order chi connectivity index (χ0) is 18.2. The molecule has 1 aromatic carbocycles. The summed E-state index contributed by atoms with van der Waals surface area (Å²) in [6.45, 7) is 2.27. The standard InChI is InChI=1S/C18H24N2O4S/c1-12-7-8-15(25(2,23)24)10-16(12)19-18(22)13-9-17(21)20(11-13)14-5-3-4-6-14/h7-8,10,13-14H,3-6,9,11H2,1-2H3,(H,19,22). The van der Waals surface area contributed by atoms with Crippen LogP contribution in [0, 0.1) is 12.8 Å². The Hall–Kier alpha value is -1.89. The lowest BCUT2D eigenvalue weighted by molar-refractivity contribution is -0.129. The average molecular weight is 364 g/mol. The molecule has 0 spiro atoms. The van der Waals surface area contributed by atoms with Crippen LogP contribution in [-0.2, 0) is 19.4 Å². The van der Waals surface area contributed by atoms with E-state index in [1.165, 1.54) is 12.1 Å². The van der Waals surface area contributed by atoms with E-state index in [1.54, 1.807) is 6.07 Å². The second-order valence-electron chi connectivity index (χ2n) is 7.12. The molecule has 0 bridgehead atoms. The number of carbonyl (C=O) groups is 2. The van der Waals surface area contributed by atoms with E-state index in [0.29, 0.717) is 12.2 Å². The van der Waals surface area contributed by atoms with Gasteiger partial charge in [0.15, 0.2) is 9.84 Å². The SMILES string of the molecule is Cc1ccc(S(C)(=O)=O)cc1NC(=O)C1CC(=O)N(C2CCCC2)C1. The van der Waals surface area contributed by atoms with Gasteiger partial charge in [-0.25, -0.2) is 8.42 Å². The maximum Gasteiger partial charge on any atom is 0.229 e. The lowest BCUT2D eigenvalue weighted by Crippen LogP contribution is -2.35. The summed E-state index contributed by atoms with van der Waals surface area (Å²) in [5.41, 5.74) is 1.28. The monoisotopic (exact) mass is 364 g/mol. The van der Waals surface area contributed by atoms with Crippen LogP contribution in [0.5, 0.6) is 0 Å². The average Bonchev–Trinajstić information content (AvgIpc) is 3.17. The van der Waals surface area contributed by atoms with E-state index in [4.69, 9.17) is 0 Å². The molecule has 1 saturated carbocycles. The van der Waals surface area contributed by atoms with Crippen molar-refractivity contribution in [1.29, 1.82) is 0 Å². The van der Waals surface area contributed by atoms with Crippen molar-refractivity contribution in [2.24, 2.45) is 5.92 Å². The molecule has 1 aromatic rings. The van der Waals surface area contributed by atoms with E-state index in [9.17, 15) is 18.0 Å². The molecule has 2 amide bonds. The summed E-state index contributed by atoms with van der Waals surface area (Å²) in [7, 11) is -3.34. The Bertz CT molecular complexity index is 797. The number of likely N-dealkylation sites (tertiary alicyclic amines) is 1. The normalized spacial score (nSPS) is 21.8. The van der Waals surface area contributed by atoms with Gasteiger partial charge >= 0.3 is 0 Å². The Balaban J connectivity index is 1.71. The molecule has 1 saturated heterocycles. The zero-order valence-corrected chi connectivity index (χ0v) is 15.4. The van der Waals surface area contributed by atoms with Gasteiger partial charge in [0.05, 0.1) is 10.8 Å². The van der Waals surface area contributed by atoms with Gasteiger partial charge in [-0.15, -0.1) is 0 Å². The van der Waals surface area contributed by atoms with Crippen molar-refractivity contribution in [2.45, 2.75) is 50.0 Å². The molecular weight excluding hydrogens is 340 g/mol. The van der Waals surface area contributed by atoms with Crippen molar-refractivity contribution in [1.82, 2.24) is 4.90 Å². The van der Waals surface area contributed by atoms with Gasteiger partial charge in [-0.05, 0) is 37.5 Å². The van der Waals surface area contributed by atoms with Crippen LogP contribution in [0.15, 0.2) is 23.1 Å². The molecule has 2 fully saturated rings. The molecule has 6 nitrogen and oxygen atoms in total. The molecule has 1 heterocycles. The molecule has 1 aliphatic heterocycles. The highest BCUT2D eigenvalue weighted by Gasteiger charge is 2.38. The summed E-state index contributed by atoms with van der Waals surface area (Å²) in [6, 6.07) is 4.96. The Morgan fingerprint density at radius 1 is 1.24 bits per heavy atom. The van der Waals surface area contributed by atoms with E-state index in [0.717, 1.165) is 37.5 Å². The highest BCUT2D eigenvalue weighted by molar-refractivity contribution is 7.90. The third-order valence-electron chi connectivity index (χ3n) is 5.19. The summed E-state index contributed by atoms with van der Waals surface area (Å²) in [5.74, 6) is -0.550. The van der Waals surface area contributed by atoms with Crippen molar-refractivity contribution in [3.05, 3.63) is 23.8 Å². The van der Waals surface area contributed by atoms with Crippen LogP contribution in [0.1, 0.15) is 37.7 Å². The first-order valence-corrected chi connectivity index (χ1v) is 10.6. The van der Waals surface area contributed by atoms with Crippen molar-refractivity contribution in [3.63, 3.8) is 0 Å². The molecule has 0 aromatic heterocycles. The second-order valence-corrected chi connectivity index (χ2v) is 9.14. The van der Waals surface area contributed by atoms with E-state index in [-0.39, 0.29) is 35.1 Å². The fraction of sp³-hybridized carbons (Fsp3) is 0.556. The topological polar surface area (TPSA) is 83.5 Å². The molecular formula is C18H24N2O4S. The third-order valence-corrected chi connectivity index (χ3v) is 6.30. The summed E-state index contributed by atoms with van der Waals surface area (Å²) in [4.78, 5) is 26.9. The maximum atomic E-state index is 12.6. The minimum Gasteiger partial charge on any atom is -0.339 e. The Labute approximate surface area is 148 Å². The van der Waals surface area contributed by atoms with E-state index >= 15 is 0 Å². The van der Waals surface area contributed by atoms with E-state index < -0.39 is 9.84 Å². The number of carbonyl (C=O) groups excluding carboxylic acids is 2. The van der Waals surface area contributed by atoms with Gasteiger partial charge in [0.25, 0.3) is 0 Å². The molecule has 2 aliphatic rings. The van der Waals surface area contributed by atoms with Crippen molar-refractivity contribution < 1.29 is 18.0 Å². The second kappa shape index (κ2) is 6.78. The summed E-state index contributed by atoms with van der Waals surface area (Å²) >= 11 is 0. The Morgan fingerprint density at radius 3 is 2.56 bits per heavy atom. The van der Waals surface area contributed by atoms with Crippen LogP contribution in [0.25, 0.3) is 0 Å². The number of sulfone groups is 1. The Kier molecular flexibility index (Phi) is 4.86. The molecule has 1 atom stereocenters. The highest BCUT2D eigenvalue weighted by Crippen LogP contribution is 2.30. The Morgan fingerprint density at radius 2 is 1.92 bits per heavy atom. The van der Waals surface area contributed by atoms with Gasteiger partial charge in [-0.1, -0.05) is 18.9 Å². The number of benzene rings is 1. The van der Waals surface area contributed by atoms with Gasteiger partial charge < -0.3 is 10.2 Å². The van der Waals surface area contributed by atoms with Crippen LogP contribution >= 0.6 is 0 Å². The van der Waals surface area contributed by atoms with Gasteiger partial charge in [-0.2, -0.15) is 0 Å². The van der Waals surface area contributed by atoms with Crippen molar-refractivity contribution >= 4 is 27.3 Å². The van der Waals surface area contributed by atoms with Crippen molar-refractivity contribution in [2.75, 3.05) is 18.1 Å². The van der Waals surface area contributed by atoms with Gasteiger partial charge in [0, 0.05) is 31.0 Å². The predicted octanol–water partition coefficient (Wildman–Crippen LogP) is 2.13. The number of amides is 2.